The van der Waals surface area contributed by atoms with Crippen molar-refractivity contribution < 1.29 is 8.39 Å². The zero-order valence-corrected chi connectivity index (χ0v) is 6.33. The van der Waals surface area contributed by atoms with Crippen LogP contribution < -0.4 is 0 Å². The Morgan fingerprint density at radius 1 is 1.62 bits per heavy atom. The molecule has 0 aliphatic carbocycles. The summed E-state index contributed by atoms with van der Waals surface area (Å²) in [6, 6.07) is 0. The molecule has 1 unspecified atom stereocenters. The molecule has 0 saturated heterocycles. The molecular formula is C5H12O2S. The van der Waals surface area contributed by atoms with Gasteiger partial charge in [0.2, 0.25) is 0 Å². The van der Waals surface area contributed by atoms with Crippen molar-refractivity contribution in [1.29, 1.82) is 0 Å². The lowest BCUT2D eigenvalue weighted by molar-refractivity contribution is 0.368. The van der Waals surface area contributed by atoms with Crippen LogP contribution in [-0.2, 0) is 15.3 Å². The molecule has 0 saturated carbocycles. The monoisotopic (exact) mass is 136 g/mol. The van der Waals surface area contributed by atoms with E-state index in [-0.39, 0.29) is 5.25 Å². The topological polar surface area (TPSA) is 26.3 Å². The second kappa shape index (κ2) is 4.04. The van der Waals surface area contributed by atoms with Crippen LogP contribution in [0.4, 0.5) is 0 Å². The van der Waals surface area contributed by atoms with Gasteiger partial charge in [0.15, 0.2) is 11.1 Å². The average Bonchev–Trinajstić information content (AvgIpc) is 1.67. The summed E-state index contributed by atoms with van der Waals surface area (Å²) in [5, 5.41) is 0.120. The molecule has 2 nitrogen and oxygen atoms in total. The van der Waals surface area contributed by atoms with Crippen LogP contribution in [0.25, 0.3) is 0 Å². The maximum absolute atomic E-state index is 10.6. The fraction of sp³-hybridized carbons (Fsp3) is 1.00. The van der Waals surface area contributed by atoms with E-state index in [4.69, 9.17) is 4.18 Å². The molecule has 0 aromatic rings. The van der Waals surface area contributed by atoms with E-state index in [1.165, 1.54) is 0 Å². The van der Waals surface area contributed by atoms with Crippen molar-refractivity contribution in [3.63, 3.8) is 0 Å². The van der Waals surface area contributed by atoms with Crippen molar-refractivity contribution >= 4 is 11.1 Å². The minimum Gasteiger partial charge on any atom is -0.291 e. The quantitative estimate of drug-likeness (QED) is 0.580. The van der Waals surface area contributed by atoms with E-state index in [0.29, 0.717) is 6.61 Å². The van der Waals surface area contributed by atoms with Gasteiger partial charge in [-0.25, -0.2) is 4.21 Å². The van der Waals surface area contributed by atoms with Crippen molar-refractivity contribution in [2.75, 3.05) is 6.61 Å². The molecule has 0 radical (unpaired) electrons. The first-order valence-corrected chi connectivity index (χ1v) is 3.86. The molecule has 0 fully saturated rings. The Kier molecular flexibility index (Phi) is 4.09. The van der Waals surface area contributed by atoms with Crippen molar-refractivity contribution in [3.05, 3.63) is 0 Å². The van der Waals surface area contributed by atoms with Gasteiger partial charge >= 0.3 is 0 Å². The van der Waals surface area contributed by atoms with Gasteiger partial charge in [0.25, 0.3) is 0 Å². The normalized spacial score (nSPS) is 14.5. The summed E-state index contributed by atoms with van der Waals surface area (Å²) in [5.74, 6) is 0. The summed E-state index contributed by atoms with van der Waals surface area (Å²) in [5.41, 5.74) is 0. The molecule has 8 heavy (non-hydrogen) atoms. The van der Waals surface area contributed by atoms with Gasteiger partial charge in [-0.3, -0.25) is 4.18 Å². The Bertz CT molecular complexity index is 80.5. The standard InChI is InChI=1S/C5H12O2S/c1-4-7-8(6)5(2)3/h5H,4H2,1-3H3. The molecule has 0 rings (SSSR count). The maximum Gasteiger partial charge on any atom is 0.158 e. The fourth-order valence-electron chi connectivity index (χ4n) is 0.252. The molecule has 0 spiro atoms. The van der Waals surface area contributed by atoms with Gasteiger partial charge in [0, 0.05) is 0 Å². The molecule has 1 atom stereocenters. The minimum atomic E-state index is -1.07. The van der Waals surface area contributed by atoms with Crippen LogP contribution in [0.15, 0.2) is 0 Å². The molecule has 50 valence electrons. The highest BCUT2D eigenvalue weighted by atomic mass is 32.2. The fourth-order valence-corrected chi connectivity index (χ4v) is 0.757. The lowest BCUT2D eigenvalue weighted by Gasteiger charge is -2.01. The Morgan fingerprint density at radius 2 is 2.12 bits per heavy atom. The lowest BCUT2D eigenvalue weighted by Crippen LogP contribution is -2.08. The largest absolute Gasteiger partial charge is 0.291 e. The van der Waals surface area contributed by atoms with E-state index in [1.807, 2.05) is 20.8 Å². The van der Waals surface area contributed by atoms with Crippen LogP contribution >= 0.6 is 0 Å². The first kappa shape index (κ1) is 8.11. The molecule has 0 amide bonds. The van der Waals surface area contributed by atoms with Crippen LogP contribution in [0.1, 0.15) is 20.8 Å². The van der Waals surface area contributed by atoms with Crippen LogP contribution in [0.5, 0.6) is 0 Å². The Morgan fingerprint density at radius 3 is 2.25 bits per heavy atom. The molecule has 0 aliphatic rings. The third-order valence-corrected chi connectivity index (χ3v) is 1.86. The van der Waals surface area contributed by atoms with Gasteiger partial charge in [-0.2, -0.15) is 0 Å². The van der Waals surface area contributed by atoms with E-state index < -0.39 is 11.1 Å². The maximum atomic E-state index is 10.6. The first-order chi connectivity index (χ1) is 3.68. The van der Waals surface area contributed by atoms with E-state index in [1.54, 1.807) is 0 Å². The van der Waals surface area contributed by atoms with Gasteiger partial charge in [-0.15, -0.1) is 0 Å². The third kappa shape index (κ3) is 3.16. The highest BCUT2D eigenvalue weighted by Gasteiger charge is 2.02. The van der Waals surface area contributed by atoms with Gasteiger partial charge in [0.1, 0.15) is 0 Å². The molecule has 0 aromatic heterocycles. The van der Waals surface area contributed by atoms with Crippen LogP contribution in [0.3, 0.4) is 0 Å². The van der Waals surface area contributed by atoms with Crippen LogP contribution in [0, 0.1) is 0 Å². The number of rotatable bonds is 3. The molecule has 0 bridgehead atoms. The average molecular weight is 136 g/mol. The summed E-state index contributed by atoms with van der Waals surface area (Å²) in [7, 11) is 0. The number of hydrogen-bond acceptors (Lipinski definition) is 2. The van der Waals surface area contributed by atoms with E-state index >= 15 is 0 Å². The highest BCUT2D eigenvalue weighted by Crippen LogP contribution is 1.94. The molecule has 0 heterocycles. The molecular weight excluding hydrogens is 124 g/mol. The third-order valence-electron chi connectivity index (χ3n) is 0.619. The summed E-state index contributed by atoms with van der Waals surface area (Å²) < 4.78 is 15.4. The molecule has 0 aromatic carbocycles. The second-order valence-electron chi connectivity index (χ2n) is 1.72. The van der Waals surface area contributed by atoms with Gasteiger partial charge in [-0.05, 0) is 20.8 Å². The van der Waals surface area contributed by atoms with Crippen molar-refractivity contribution in [2.24, 2.45) is 0 Å². The molecule has 0 N–H and O–H groups in total. The smallest absolute Gasteiger partial charge is 0.158 e. The minimum absolute atomic E-state index is 0.120. The van der Waals surface area contributed by atoms with Gasteiger partial charge in [-0.1, -0.05) is 0 Å². The first-order valence-electron chi connectivity index (χ1n) is 2.72. The van der Waals surface area contributed by atoms with Gasteiger partial charge in [0.05, 0.1) is 11.9 Å². The van der Waals surface area contributed by atoms with E-state index in [9.17, 15) is 4.21 Å². The Balaban J connectivity index is 3.33. The zero-order valence-electron chi connectivity index (χ0n) is 5.51. The molecule has 3 heteroatoms. The zero-order chi connectivity index (χ0) is 6.57. The van der Waals surface area contributed by atoms with Crippen LogP contribution in [-0.4, -0.2) is 16.1 Å². The SMILES string of the molecule is CCOS(=O)C(C)C. The van der Waals surface area contributed by atoms with Crippen molar-refractivity contribution in [2.45, 2.75) is 26.0 Å². The van der Waals surface area contributed by atoms with Crippen molar-refractivity contribution in [3.8, 4) is 0 Å². The second-order valence-corrected chi connectivity index (χ2v) is 3.42. The predicted molar refractivity (Wildman–Crippen MR) is 34.9 cm³/mol. The predicted octanol–water partition coefficient (Wildman–Crippen LogP) is 1.09. The summed E-state index contributed by atoms with van der Waals surface area (Å²) >= 11 is -1.07. The summed E-state index contributed by atoms with van der Waals surface area (Å²) in [6.07, 6.45) is 0. The van der Waals surface area contributed by atoms with E-state index in [0.717, 1.165) is 0 Å². The number of hydrogen-bond donors (Lipinski definition) is 0. The Hall–Kier alpha value is 0.110. The summed E-state index contributed by atoms with van der Waals surface area (Å²) in [4.78, 5) is 0. The van der Waals surface area contributed by atoms with Crippen LogP contribution in [0.2, 0.25) is 0 Å². The Labute approximate surface area is 52.9 Å². The van der Waals surface area contributed by atoms with E-state index in [2.05, 4.69) is 0 Å². The summed E-state index contributed by atoms with van der Waals surface area (Å²) in [6.45, 7) is 6.10. The van der Waals surface area contributed by atoms with Crippen molar-refractivity contribution in [1.82, 2.24) is 0 Å². The molecule has 0 aliphatic heterocycles. The van der Waals surface area contributed by atoms with Gasteiger partial charge < -0.3 is 0 Å². The lowest BCUT2D eigenvalue weighted by atomic mass is 10.6. The highest BCUT2D eigenvalue weighted by molar-refractivity contribution is 7.80.